The van der Waals surface area contributed by atoms with Crippen LogP contribution in [0, 0.1) is 6.92 Å². The summed E-state index contributed by atoms with van der Waals surface area (Å²) in [4.78, 5) is 15.5. The lowest BCUT2D eigenvalue weighted by molar-refractivity contribution is 0.222. The van der Waals surface area contributed by atoms with E-state index in [2.05, 4.69) is 36.3 Å². The molecule has 1 fully saturated rings. The molecule has 0 spiro atoms. The lowest BCUT2D eigenvalue weighted by Gasteiger charge is -2.26. The molecule has 0 radical (unpaired) electrons. The summed E-state index contributed by atoms with van der Waals surface area (Å²) in [5.74, 6) is 2.83. The topological polar surface area (TPSA) is 88.5 Å². The Morgan fingerprint density at radius 1 is 0.975 bits per heavy atom. The normalized spacial score (nSPS) is 14.8. The highest BCUT2D eigenvalue weighted by molar-refractivity contribution is 7.85. The van der Waals surface area contributed by atoms with Crippen molar-refractivity contribution >= 4 is 39.1 Å². The highest BCUT2D eigenvalue weighted by Crippen LogP contribution is 2.32. The van der Waals surface area contributed by atoms with Gasteiger partial charge in [0.05, 0.1) is 17.1 Å². The molecule has 1 aromatic heterocycles. The minimum atomic E-state index is -0.684. The van der Waals surface area contributed by atoms with E-state index < -0.39 is 10.8 Å². The van der Waals surface area contributed by atoms with Crippen LogP contribution in [0.4, 0.5) is 16.3 Å². The number of carbonyl (C=O) groups is 1. The highest BCUT2D eigenvalue weighted by Gasteiger charge is 2.22. The Bertz CT molecular complexity index is 1510. The molecule has 0 atom stereocenters. The Morgan fingerprint density at radius 3 is 2.38 bits per heavy atom. The molecule has 4 aromatic rings. The Balaban J connectivity index is 1.32. The minimum absolute atomic E-state index is 0.179. The average Bonchev–Trinajstić information content (AvgIpc) is 3.35. The second-order valence-corrected chi connectivity index (χ2v) is 12.9. The molecule has 2 amide bonds. The third kappa shape index (κ3) is 6.54. The number of nitrogens with zero attached hydrogens (tertiary/aromatic N) is 3. The summed E-state index contributed by atoms with van der Waals surface area (Å²) < 4.78 is 19.5. The van der Waals surface area contributed by atoms with Gasteiger partial charge >= 0.3 is 6.03 Å². The molecule has 40 heavy (non-hydrogen) atoms. The van der Waals surface area contributed by atoms with E-state index >= 15 is 0 Å². The summed E-state index contributed by atoms with van der Waals surface area (Å²) in [6.07, 6.45) is 0. The maximum absolute atomic E-state index is 13.3. The largest absolute Gasteiger partial charge is 0.492 e. The van der Waals surface area contributed by atoms with Crippen molar-refractivity contribution in [2.24, 2.45) is 0 Å². The van der Waals surface area contributed by atoms with Crippen molar-refractivity contribution in [1.82, 2.24) is 14.7 Å². The van der Waals surface area contributed by atoms with Gasteiger partial charge in [-0.2, -0.15) is 5.10 Å². The number of anilines is 2. The first-order chi connectivity index (χ1) is 19.2. The molecule has 0 unspecified atom stereocenters. The number of hydrogen-bond acceptors (Lipinski definition) is 5. The molecule has 9 heteroatoms. The second kappa shape index (κ2) is 11.8. The number of aromatic nitrogens is 2. The van der Waals surface area contributed by atoms with E-state index in [4.69, 9.17) is 9.84 Å². The molecule has 0 bridgehead atoms. The molecule has 5 rings (SSSR count). The van der Waals surface area contributed by atoms with Crippen LogP contribution in [-0.4, -0.2) is 62.7 Å². The van der Waals surface area contributed by atoms with Gasteiger partial charge in [0.15, 0.2) is 0 Å². The predicted octanol–water partition coefficient (Wildman–Crippen LogP) is 5.72. The number of ether oxygens (including phenoxy) is 1. The highest BCUT2D eigenvalue weighted by atomic mass is 32.2. The molecule has 1 saturated heterocycles. The standard InChI is InChI=1S/C31H37N5O3S/c1-22-9-11-23(12-10-22)36-29(21-28(34-36)31(2,3)4)33-30(37)32-26-13-14-27(25-8-6-5-7-24(25)26)39-18-15-35-16-19-40(38)20-17-35/h5-14,21H,15-20H2,1-4H3,(H2,32,33,37). The summed E-state index contributed by atoms with van der Waals surface area (Å²) in [6, 6.07) is 21.3. The fraction of sp³-hybridized carbons (Fsp3) is 0.355. The van der Waals surface area contributed by atoms with Gasteiger partial charge in [-0.25, -0.2) is 9.48 Å². The first kappa shape index (κ1) is 27.9. The fourth-order valence-electron chi connectivity index (χ4n) is 4.68. The zero-order valence-corrected chi connectivity index (χ0v) is 24.4. The van der Waals surface area contributed by atoms with E-state index in [1.165, 1.54) is 0 Å². The number of nitrogens with one attached hydrogen (secondary N) is 2. The number of urea groups is 1. The van der Waals surface area contributed by atoms with Crippen molar-refractivity contribution in [1.29, 1.82) is 0 Å². The van der Waals surface area contributed by atoms with Crippen LogP contribution in [0.3, 0.4) is 0 Å². The van der Waals surface area contributed by atoms with E-state index in [0.29, 0.717) is 18.1 Å². The molecule has 1 aliphatic rings. The van der Waals surface area contributed by atoms with Gasteiger partial charge in [-0.1, -0.05) is 62.7 Å². The van der Waals surface area contributed by atoms with Gasteiger partial charge in [0.2, 0.25) is 0 Å². The van der Waals surface area contributed by atoms with Gasteiger partial charge in [0, 0.05) is 64.2 Å². The van der Waals surface area contributed by atoms with Gasteiger partial charge in [-0.15, -0.1) is 0 Å². The van der Waals surface area contributed by atoms with Crippen LogP contribution >= 0.6 is 0 Å². The van der Waals surface area contributed by atoms with Crippen molar-refractivity contribution in [3.05, 3.63) is 78.0 Å². The van der Waals surface area contributed by atoms with Crippen molar-refractivity contribution in [3.63, 3.8) is 0 Å². The molecule has 2 N–H and O–H groups in total. The summed E-state index contributed by atoms with van der Waals surface area (Å²) in [5.41, 5.74) is 3.43. The maximum Gasteiger partial charge on any atom is 0.324 e. The van der Waals surface area contributed by atoms with E-state index in [-0.39, 0.29) is 11.4 Å². The van der Waals surface area contributed by atoms with Crippen LogP contribution in [0.5, 0.6) is 5.75 Å². The summed E-state index contributed by atoms with van der Waals surface area (Å²) in [6.45, 7) is 11.4. The summed E-state index contributed by atoms with van der Waals surface area (Å²) in [5, 5.41) is 12.7. The zero-order chi connectivity index (χ0) is 28.3. The molecule has 2 heterocycles. The number of fused-ring (bicyclic) bond motifs is 1. The Hall–Kier alpha value is -3.69. The van der Waals surface area contributed by atoms with Crippen LogP contribution in [-0.2, 0) is 16.2 Å². The van der Waals surface area contributed by atoms with Gasteiger partial charge in [0.1, 0.15) is 18.2 Å². The molecule has 0 aliphatic carbocycles. The number of hydrogen-bond donors (Lipinski definition) is 2. The number of carbonyl (C=O) groups excluding carboxylic acids is 1. The molecule has 8 nitrogen and oxygen atoms in total. The first-order valence-electron chi connectivity index (χ1n) is 13.6. The van der Waals surface area contributed by atoms with Crippen LogP contribution in [0.15, 0.2) is 66.7 Å². The molecule has 3 aromatic carbocycles. The lowest BCUT2D eigenvalue weighted by atomic mass is 9.92. The van der Waals surface area contributed by atoms with E-state index in [0.717, 1.165) is 64.6 Å². The third-order valence-electron chi connectivity index (χ3n) is 7.07. The van der Waals surface area contributed by atoms with Crippen molar-refractivity contribution in [3.8, 4) is 11.4 Å². The van der Waals surface area contributed by atoms with Gasteiger partial charge < -0.3 is 10.1 Å². The SMILES string of the molecule is Cc1ccc(-n2nc(C(C)(C)C)cc2NC(=O)Nc2ccc(OCCN3CCS(=O)CC3)c3ccccc23)cc1. The van der Waals surface area contributed by atoms with Crippen LogP contribution < -0.4 is 15.4 Å². The first-order valence-corrected chi connectivity index (χ1v) is 15.1. The number of amides is 2. The van der Waals surface area contributed by atoms with Crippen LogP contribution in [0.1, 0.15) is 32.0 Å². The monoisotopic (exact) mass is 559 g/mol. The van der Waals surface area contributed by atoms with Gasteiger partial charge in [-0.05, 0) is 31.2 Å². The van der Waals surface area contributed by atoms with Crippen molar-refractivity contribution < 1.29 is 13.7 Å². The molecule has 210 valence electrons. The third-order valence-corrected chi connectivity index (χ3v) is 8.34. The quantitative estimate of drug-likeness (QED) is 0.302. The van der Waals surface area contributed by atoms with Crippen molar-refractivity contribution in [2.75, 3.05) is 48.4 Å². The fourth-order valence-corrected chi connectivity index (χ4v) is 5.81. The zero-order valence-electron chi connectivity index (χ0n) is 23.6. The van der Waals surface area contributed by atoms with Crippen LogP contribution in [0.2, 0.25) is 0 Å². The van der Waals surface area contributed by atoms with E-state index in [1.807, 2.05) is 73.7 Å². The van der Waals surface area contributed by atoms with Gasteiger partial charge in [-0.3, -0.25) is 14.4 Å². The molecule has 0 saturated carbocycles. The molecular weight excluding hydrogens is 522 g/mol. The molecule has 1 aliphatic heterocycles. The maximum atomic E-state index is 13.3. The Labute approximate surface area is 238 Å². The second-order valence-electron chi connectivity index (χ2n) is 11.2. The number of rotatable bonds is 7. The summed E-state index contributed by atoms with van der Waals surface area (Å²) >= 11 is 0. The average molecular weight is 560 g/mol. The van der Waals surface area contributed by atoms with E-state index in [9.17, 15) is 9.00 Å². The Morgan fingerprint density at radius 2 is 1.68 bits per heavy atom. The van der Waals surface area contributed by atoms with Gasteiger partial charge in [0.25, 0.3) is 0 Å². The smallest absolute Gasteiger partial charge is 0.324 e. The Kier molecular flexibility index (Phi) is 8.23. The predicted molar refractivity (Wildman–Crippen MR) is 163 cm³/mol. The van der Waals surface area contributed by atoms with E-state index in [1.54, 1.807) is 4.68 Å². The number of aryl methyl sites for hydroxylation is 1. The molecular formula is C31H37N5O3S. The van der Waals surface area contributed by atoms with Crippen LogP contribution in [0.25, 0.3) is 16.5 Å². The number of benzene rings is 3. The summed E-state index contributed by atoms with van der Waals surface area (Å²) in [7, 11) is -0.684. The minimum Gasteiger partial charge on any atom is -0.492 e. The van der Waals surface area contributed by atoms with Crippen molar-refractivity contribution in [2.45, 2.75) is 33.1 Å². The lowest BCUT2D eigenvalue weighted by Crippen LogP contribution is -2.39.